The maximum absolute atomic E-state index is 12.5. The maximum atomic E-state index is 12.5. The van der Waals surface area contributed by atoms with Crippen LogP contribution in [0.15, 0.2) is 17.0 Å². The summed E-state index contributed by atoms with van der Waals surface area (Å²) in [6, 6.07) is 2.65. The van der Waals surface area contributed by atoms with Crippen LogP contribution in [0.3, 0.4) is 0 Å². The maximum Gasteiger partial charge on any atom is 0.307 e. The van der Waals surface area contributed by atoms with Crippen molar-refractivity contribution in [3.8, 4) is 0 Å². The van der Waals surface area contributed by atoms with Crippen LogP contribution >= 0.6 is 0 Å². The number of nitro groups is 1. The Morgan fingerprint density at radius 1 is 1.41 bits per heavy atom. The van der Waals surface area contributed by atoms with Crippen molar-refractivity contribution in [3.05, 3.63) is 33.4 Å². The predicted octanol–water partition coefficient (Wildman–Crippen LogP) is 1.55. The van der Waals surface area contributed by atoms with Gasteiger partial charge >= 0.3 is 5.97 Å². The molecular formula is C13H18N2O6S. The first-order valence-corrected chi connectivity index (χ1v) is 7.87. The summed E-state index contributed by atoms with van der Waals surface area (Å²) in [5.74, 6) is -2.01. The number of carbonyl (C=O) groups is 1. The normalized spacial score (nSPS) is 13.1. The van der Waals surface area contributed by atoms with E-state index in [1.807, 2.05) is 0 Å². The Bertz CT molecular complexity index is 713. The minimum Gasteiger partial charge on any atom is -0.481 e. The zero-order valence-corrected chi connectivity index (χ0v) is 13.5. The molecule has 0 radical (unpaired) electrons. The second-order valence-corrected chi connectivity index (χ2v) is 7.20. The lowest BCUT2D eigenvalue weighted by Gasteiger charge is -2.20. The zero-order chi connectivity index (χ0) is 17.2. The molecule has 0 aromatic heterocycles. The summed E-state index contributed by atoms with van der Waals surface area (Å²) in [7, 11) is -2.76. The first-order valence-electron chi connectivity index (χ1n) is 6.43. The van der Waals surface area contributed by atoms with Crippen LogP contribution in [0, 0.1) is 29.9 Å². The third kappa shape index (κ3) is 3.60. The summed E-state index contributed by atoms with van der Waals surface area (Å²) in [5, 5.41) is 19.9. The molecule has 1 aromatic rings. The quantitative estimate of drug-likeness (QED) is 0.624. The minimum absolute atomic E-state index is 0.0328. The van der Waals surface area contributed by atoms with Gasteiger partial charge in [0.1, 0.15) is 0 Å². The molecule has 0 bridgehead atoms. The van der Waals surface area contributed by atoms with Crippen molar-refractivity contribution in [2.24, 2.45) is 5.92 Å². The molecule has 1 unspecified atom stereocenters. The van der Waals surface area contributed by atoms with Gasteiger partial charge in [-0.1, -0.05) is 6.92 Å². The highest BCUT2D eigenvalue weighted by atomic mass is 32.2. The van der Waals surface area contributed by atoms with Crippen LogP contribution in [0.5, 0.6) is 0 Å². The summed E-state index contributed by atoms with van der Waals surface area (Å²) in [5.41, 5.74) is 0.194. The van der Waals surface area contributed by atoms with Crippen LogP contribution in [0.1, 0.15) is 18.1 Å². The molecular weight excluding hydrogens is 312 g/mol. The average molecular weight is 330 g/mol. The molecule has 0 aliphatic rings. The van der Waals surface area contributed by atoms with Gasteiger partial charge in [0.25, 0.3) is 5.69 Å². The van der Waals surface area contributed by atoms with E-state index in [0.717, 1.165) is 4.31 Å². The van der Waals surface area contributed by atoms with Crippen LogP contribution in [-0.2, 0) is 14.8 Å². The molecule has 0 heterocycles. The molecule has 9 heteroatoms. The predicted molar refractivity (Wildman–Crippen MR) is 79.2 cm³/mol. The molecule has 0 fully saturated rings. The number of carboxylic acid groups (broad SMARTS) is 1. The van der Waals surface area contributed by atoms with Crippen LogP contribution in [0.2, 0.25) is 0 Å². The first-order chi connectivity index (χ1) is 9.98. The number of aryl methyl sites for hydroxylation is 1. The van der Waals surface area contributed by atoms with E-state index in [-0.39, 0.29) is 22.7 Å². The summed E-state index contributed by atoms with van der Waals surface area (Å²) in [6.45, 7) is 4.09. The highest BCUT2D eigenvalue weighted by molar-refractivity contribution is 7.89. The largest absolute Gasteiger partial charge is 0.481 e. The van der Waals surface area contributed by atoms with E-state index in [0.29, 0.717) is 5.56 Å². The standard InChI is InChI=1S/C13H18N2O6S/c1-8-5-11(15(18)19)10(3)12(6-8)22(20,21)14(4)7-9(2)13(16)17/h5-6,9H,7H2,1-4H3,(H,16,17). The molecule has 0 saturated heterocycles. The van der Waals surface area contributed by atoms with Gasteiger partial charge in [-0.3, -0.25) is 14.9 Å². The molecule has 0 spiro atoms. The van der Waals surface area contributed by atoms with Crippen molar-refractivity contribution in [2.75, 3.05) is 13.6 Å². The lowest BCUT2D eigenvalue weighted by Crippen LogP contribution is -2.34. The molecule has 8 nitrogen and oxygen atoms in total. The number of hydrogen-bond acceptors (Lipinski definition) is 5. The average Bonchev–Trinajstić information content (AvgIpc) is 2.40. The van der Waals surface area contributed by atoms with E-state index < -0.39 is 26.8 Å². The fourth-order valence-corrected chi connectivity index (χ4v) is 3.58. The van der Waals surface area contributed by atoms with Gasteiger partial charge in [0.2, 0.25) is 10.0 Å². The van der Waals surface area contributed by atoms with E-state index >= 15 is 0 Å². The topological polar surface area (TPSA) is 118 Å². The first kappa shape index (κ1) is 18.1. The van der Waals surface area contributed by atoms with Gasteiger partial charge in [-0.25, -0.2) is 12.7 Å². The summed E-state index contributed by atoms with van der Waals surface area (Å²) < 4.78 is 26.0. The van der Waals surface area contributed by atoms with Gasteiger partial charge in [0.05, 0.1) is 15.7 Å². The number of nitrogens with zero attached hydrogens (tertiary/aromatic N) is 2. The molecule has 0 amide bonds. The lowest BCUT2D eigenvalue weighted by atomic mass is 10.1. The van der Waals surface area contributed by atoms with Gasteiger partial charge < -0.3 is 5.11 Å². The van der Waals surface area contributed by atoms with E-state index in [2.05, 4.69) is 0 Å². The number of sulfonamides is 1. The molecule has 22 heavy (non-hydrogen) atoms. The Morgan fingerprint density at radius 3 is 2.41 bits per heavy atom. The van der Waals surface area contributed by atoms with Gasteiger partial charge in [0, 0.05) is 25.2 Å². The third-order valence-corrected chi connectivity index (χ3v) is 5.26. The van der Waals surface area contributed by atoms with Gasteiger partial charge in [-0.15, -0.1) is 0 Å². The highest BCUT2D eigenvalue weighted by Crippen LogP contribution is 2.29. The van der Waals surface area contributed by atoms with Crippen LogP contribution in [0.25, 0.3) is 0 Å². The second kappa shape index (κ2) is 6.41. The van der Waals surface area contributed by atoms with Gasteiger partial charge in [0.15, 0.2) is 0 Å². The lowest BCUT2D eigenvalue weighted by molar-refractivity contribution is -0.385. The Morgan fingerprint density at radius 2 is 1.95 bits per heavy atom. The number of nitro benzene ring substituents is 1. The Labute approximate surface area is 128 Å². The molecule has 0 aliphatic carbocycles. The number of benzene rings is 1. The molecule has 1 rings (SSSR count). The number of aliphatic carboxylic acids is 1. The molecule has 0 aliphatic heterocycles. The van der Waals surface area contributed by atoms with Crippen molar-refractivity contribution in [1.29, 1.82) is 0 Å². The third-order valence-electron chi connectivity index (χ3n) is 3.31. The number of hydrogen-bond donors (Lipinski definition) is 1. The van der Waals surface area contributed by atoms with E-state index in [1.54, 1.807) is 6.92 Å². The Kier molecular flexibility index (Phi) is 5.26. The van der Waals surface area contributed by atoms with Crippen molar-refractivity contribution >= 4 is 21.7 Å². The zero-order valence-electron chi connectivity index (χ0n) is 12.7. The SMILES string of the molecule is Cc1cc([N+](=O)[O-])c(C)c(S(=O)(=O)N(C)CC(C)C(=O)O)c1. The summed E-state index contributed by atoms with van der Waals surface area (Å²) in [4.78, 5) is 21.0. The molecule has 0 saturated carbocycles. The van der Waals surface area contributed by atoms with Gasteiger partial charge in [-0.05, 0) is 25.5 Å². The summed E-state index contributed by atoms with van der Waals surface area (Å²) >= 11 is 0. The van der Waals surface area contributed by atoms with E-state index in [1.165, 1.54) is 33.0 Å². The molecule has 122 valence electrons. The smallest absolute Gasteiger partial charge is 0.307 e. The summed E-state index contributed by atoms with van der Waals surface area (Å²) in [6.07, 6.45) is 0. The fourth-order valence-electron chi connectivity index (χ4n) is 1.99. The van der Waals surface area contributed by atoms with Crippen LogP contribution in [-0.4, -0.2) is 42.3 Å². The fraction of sp³-hybridized carbons (Fsp3) is 0.462. The molecule has 1 aromatic carbocycles. The molecule has 1 atom stereocenters. The second-order valence-electron chi connectivity index (χ2n) is 5.19. The Hall–Kier alpha value is -2.00. The van der Waals surface area contributed by atoms with Crippen molar-refractivity contribution in [1.82, 2.24) is 4.31 Å². The van der Waals surface area contributed by atoms with Gasteiger partial charge in [-0.2, -0.15) is 0 Å². The van der Waals surface area contributed by atoms with E-state index in [4.69, 9.17) is 5.11 Å². The monoisotopic (exact) mass is 330 g/mol. The van der Waals surface area contributed by atoms with Crippen LogP contribution in [0.4, 0.5) is 5.69 Å². The van der Waals surface area contributed by atoms with Crippen molar-refractivity contribution in [3.63, 3.8) is 0 Å². The van der Waals surface area contributed by atoms with Crippen molar-refractivity contribution in [2.45, 2.75) is 25.7 Å². The van der Waals surface area contributed by atoms with Crippen molar-refractivity contribution < 1.29 is 23.2 Å². The number of rotatable bonds is 6. The molecule has 1 N–H and O–H groups in total. The Balaban J connectivity index is 3.34. The van der Waals surface area contributed by atoms with Crippen LogP contribution < -0.4 is 0 Å². The minimum atomic E-state index is -4.01. The highest BCUT2D eigenvalue weighted by Gasteiger charge is 2.29. The number of carboxylic acids is 1. The van der Waals surface area contributed by atoms with E-state index in [9.17, 15) is 23.3 Å².